The molecule has 1 aromatic carbocycles. The van der Waals surface area contributed by atoms with E-state index in [-0.39, 0.29) is 37.3 Å². The Morgan fingerprint density at radius 3 is 2.66 bits per heavy atom. The molecule has 1 aliphatic carbocycles. The molecule has 3 aliphatic rings. The van der Waals surface area contributed by atoms with Crippen LogP contribution in [0.3, 0.4) is 0 Å². The van der Waals surface area contributed by atoms with Gasteiger partial charge in [0.05, 0.1) is 24.4 Å². The van der Waals surface area contributed by atoms with E-state index in [1.165, 1.54) is 11.8 Å². The third-order valence-electron chi connectivity index (χ3n) is 6.86. The molecule has 1 aromatic heterocycles. The van der Waals surface area contributed by atoms with Gasteiger partial charge in [0.15, 0.2) is 5.16 Å². The van der Waals surface area contributed by atoms with Gasteiger partial charge in [-0.3, -0.25) is 9.69 Å². The smallest absolute Gasteiger partial charge is 0.393 e. The van der Waals surface area contributed by atoms with Crippen LogP contribution in [0.1, 0.15) is 42.0 Å². The number of aliphatic hydroxyl groups excluding tert-OH is 1. The second kappa shape index (κ2) is 8.66. The zero-order valence-corrected chi connectivity index (χ0v) is 19.9. The van der Waals surface area contributed by atoms with Gasteiger partial charge >= 0.3 is 18.1 Å². The first-order valence-electron chi connectivity index (χ1n) is 11.3. The average molecular weight is 508 g/mol. The number of nitrogens with zero attached hydrogens (tertiary/aromatic N) is 5. The molecule has 3 amide bonds. The monoisotopic (exact) mass is 507 g/mol. The van der Waals surface area contributed by atoms with E-state index in [0.717, 1.165) is 10.5 Å². The van der Waals surface area contributed by atoms with Gasteiger partial charge in [0.1, 0.15) is 5.82 Å². The largest absolute Gasteiger partial charge is 0.471 e. The molecule has 1 N–H and O–H groups in total. The fourth-order valence-corrected chi connectivity index (χ4v) is 5.48. The number of halogens is 3. The maximum Gasteiger partial charge on any atom is 0.471 e. The lowest BCUT2D eigenvalue weighted by Gasteiger charge is -2.48. The van der Waals surface area contributed by atoms with Gasteiger partial charge in [-0.05, 0) is 43.6 Å². The summed E-state index contributed by atoms with van der Waals surface area (Å²) in [7, 11) is 0. The molecule has 186 valence electrons. The summed E-state index contributed by atoms with van der Waals surface area (Å²) in [6.07, 6.45) is -0.975. The van der Waals surface area contributed by atoms with Crippen LogP contribution in [0.15, 0.2) is 29.6 Å². The zero-order chi connectivity index (χ0) is 25.1. The number of urea groups is 1. The normalized spacial score (nSPS) is 24.1. The van der Waals surface area contributed by atoms with Crippen LogP contribution in [0, 0.1) is 6.92 Å². The van der Waals surface area contributed by atoms with Crippen LogP contribution in [0.2, 0.25) is 0 Å². The van der Waals surface area contributed by atoms with E-state index in [1.807, 2.05) is 6.26 Å². The van der Waals surface area contributed by atoms with Crippen molar-refractivity contribution in [2.75, 3.05) is 22.6 Å². The number of rotatable bonds is 3. The van der Waals surface area contributed by atoms with E-state index in [0.29, 0.717) is 34.9 Å². The number of amides is 3. The van der Waals surface area contributed by atoms with Crippen LogP contribution in [-0.2, 0) is 11.3 Å². The number of aromatic nitrogens is 2. The number of carbonyl (C=O) groups is 2. The number of aliphatic hydroxyl groups is 1. The molecule has 3 heterocycles. The Hall–Kier alpha value is -2.86. The first kappa shape index (κ1) is 23.9. The second-order valence-electron chi connectivity index (χ2n) is 9.04. The second-order valence-corrected chi connectivity index (χ2v) is 9.81. The summed E-state index contributed by atoms with van der Waals surface area (Å²) in [5.74, 6) is -1.40. The summed E-state index contributed by atoms with van der Waals surface area (Å²) in [4.78, 5) is 38.9. The van der Waals surface area contributed by atoms with Crippen LogP contribution in [-0.4, -0.2) is 63.0 Å². The number of aryl methyl sites for hydroxylation is 1. The molecule has 8 nitrogen and oxygen atoms in total. The predicted molar refractivity (Wildman–Crippen MR) is 123 cm³/mol. The number of hydrogen-bond donors (Lipinski definition) is 1. The van der Waals surface area contributed by atoms with E-state index in [4.69, 9.17) is 0 Å². The number of anilines is 2. The van der Waals surface area contributed by atoms with E-state index < -0.39 is 24.2 Å². The molecule has 0 radical (unpaired) electrons. The Kier molecular flexibility index (Phi) is 5.91. The number of thioether (sulfide) groups is 1. The molecule has 1 atom stereocenters. The Morgan fingerprint density at radius 1 is 1.26 bits per heavy atom. The van der Waals surface area contributed by atoms with Crippen molar-refractivity contribution in [3.8, 4) is 0 Å². The summed E-state index contributed by atoms with van der Waals surface area (Å²) < 4.78 is 40.0. The van der Waals surface area contributed by atoms with Crippen LogP contribution in [0.25, 0.3) is 0 Å². The van der Waals surface area contributed by atoms with Gasteiger partial charge in [0.2, 0.25) is 0 Å². The highest BCUT2D eigenvalue weighted by molar-refractivity contribution is 7.98. The maximum absolute atomic E-state index is 13.8. The Balaban J connectivity index is 1.56. The van der Waals surface area contributed by atoms with Crippen molar-refractivity contribution >= 4 is 35.2 Å². The van der Waals surface area contributed by atoms with Gasteiger partial charge in [-0.25, -0.2) is 14.8 Å². The number of fused-ring (bicyclic) bond motifs is 2. The maximum atomic E-state index is 13.8. The van der Waals surface area contributed by atoms with Crippen LogP contribution >= 0.6 is 11.8 Å². The van der Waals surface area contributed by atoms with Crippen molar-refractivity contribution in [3.63, 3.8) is 0 Å². The van der Waals surface area contributed by atoms with Crippen molar-refractivity contribution in [3.05, 3.63) is 41.1 Å². The molecular weight excluding hydrogens is 483 g/mol. The van der Waals surface area contributed by atoms with Crippen molar-refractivity contribution in [2.24, 2.45) is 0 Å². The minimum Gasteiger partial charge on any atom is -0.393 e. The Morgan fingerprint density at radius 2 is 2.00 bits per heavy atom. The highest BCUT2D eigenvalue weighted by Gasteiger charge is 2.48. The first-order valence-corrected chi connectivity index (χ1v) is 12.5. The van der Waals surface area contributed by atoms with E-state index in [1.54, 1.807) is 41.1 Å². The van der Waals surface area contributed by atoms with Gasteiger partial charge in [-0.15, -0.1) is 0 Å². The number of benzene rings is 1. The first-order chi connectivity index (χ1) is 16.6. The molecule has 0 unspecified atom stereocenters. The van der Waals surface area contributed by atoms with Gasteiger partial charge in [0.25, 0.3) is 0 Å². The van der Waals surface area contributed by atoms with Crippen molar-refractivity contribution < 1.29 is 27.9 Å². The fraction of sp³-hybridized carbons (Fsp3) is 0.478. The van der Waals surface area contributed by atoms with Gasteiger partial charge in [0, 0.05) is 24.3 Å². The molecule has 1 fully saturated rings. The molecule has 35 heavy (non-hydrogen) atoms. The number of hydrogen-bond acceptors (Lipinski definition) is 6. The molecule has 5 rings (SSSR count). The van der Waals surface area contributed by atoms with E-state index >= 15 is 0 Å². The Labute approximate surface area is 204 Å². The topological polar surface area (TPSA) is 89.9 Å². The average Bonchev–Trinajstić information content (AvgIpc) is 2.80. The SMILES string of the molecule is CSc1ncc2c(n1)N(C1CC(O)C1)C(=O)N([C@H]1CCN(C(=O)C(F)(F)F)c3c(C)cccc31)C2. The van der Waals surface area contributed by atoms with Crippen LogP contribution < -0.4 is 9.80 Å². The van der Waals surface area contributed by atoms with Crippen LogP contribution in [0.4, 0.5) is 29.5 Å². The Bertz CT molecular complexity index is 1190. The minimum absolute atomic E-state index is 0.157. The molecular formula is C23H24F3N5O3S. The molecule has 0 bridgehead atoms. The lowest BCUT2D eigenvalue weighted by molar-refractivity contribution is -0.170. The fourth-order valence-electron chi connectivity index (χ4n) is 5.14. The van der Waals surface area contributed by atoms with Gasteiger partial charge in [-0.2, -0.15) is 13.2 Å². The molecule has 1 saturated carbocycles. The third-order valence-corrected chi connectivity index (χ3v) is 7.43. The van der Waals surface area contributed by atoms with Crippen molar-refractivity contribution in [1.29, 1.82) is 0 Å². The van der Waals surface area contributed by atoms with Crippen molar-refractivity contribution in [2.45, 2.75) is 62.3 Å². The van der Waals surface area contributed by atoms with Crippen molar-refractivity contribution in [1.82, 2.24) is 14.9 Å². The summed E-state index contributed by atoms with van der Waals surface area (Å²) in [6.45, 7) is 1.69. The number of carbonyl (C=O) groups excluding carboxylic acids is 2. The number of alkyl halides is 3. The molecule has 2 aromatic rings. The zero-order valence-electron chi connectivity index (χ0n) is 19.1. The van der Waals surface area contributed by atoms with E-state index in [2.05, 4.69) is 9.97 Å². The van der Waals surface area contributed by atoms with Gasteiger partial charge in [-0.1, -0.05) is 30.0 Å². The minimum atomic E-state index is -5.00. The van der Waals surface area contributed by atoms with E-state index in [9.17, 15) is 27.9 Å². The summed E-state index contributed by atoms with van der Waals surface area (Å²) in [6, 6.07) is 3.98. The molecule has 2 aliphatic heterocycles. The summed E-state index contributed by atoms with van der Waals surface area (Å²) in [5.41, 5.74) is 1.96. The standard InChI is InChI=1S/C23H24F3N5O3S/c1-12-4-3-5-16-17(6-7-29(18(12)16)20(33)23(24,25)26)30-11-13-10-27-21(35-2)28-19(13)31(22(30)34)14-8-15(32)9-14/h3-5,10,14-15,17,32H,6-9,11H2,1-2H3/t14?,15?,17-/m0/s1. The summed E-state index contributed by atoms with van der Waals surface area (Å²) >= 11 is 1.36. The number of para-hydroxylation sites is 1. The highest BCUT2D eigenvalue weighted by Crippen LogP contribution is 2.45. The molecule has 0 saturated heterocycles. The molecule has 0 spiro atoms. The highest BCUT2D eigenvalue weighted by atomic mass is 32.2. The third kappa shape index (κ3) is 4.02. The van der Waals surface area contributed by atoms with Crippen LogP contribution in [0.5, 0.6) is 0 Å². The van der Waals surface area contributed by atoms with Gasteiger partial charge < -0.3 is 14.9 Å². The molecule has 12 heteroatoms. The predicted octanol–water partition coefficient (Wildman–Crippen LogP) is 3.81. The lowest BCUT2D eigenvalue weighted by atomic mass is 9.87. The quantitative estimate of drug-likeness (QED) is 0.502. The summed E-state index contributed by atoms with van der Waals surface area (Å²) in [5, 5.41) is 10.4. The lowest BCUT2D eigenvalue weighted by Crippen LogP contribution is -2.58.